The van der Waals surface area contributed by atoms with Gasteiger partial charge in [0.25, 0.3) is 0 Å². The summed E-state index contributed by atoms with van der Waals surface area (Å²) in [4.78, 5) is 0. The first-order valence-corrected chi connectivity index (χ1v) is 5.91. The smallest absolute Gasteiger partial charge is 0.316 e. The van der Waals surface area contributed by atoms with Crippen LogP contribution in [0.3, 0.4) is 0 Å². The third-order valence-electron chi connectivity index (χ3n) is 2.58. The van der Waals surface area contributed by atoms with E-state index in [4.69, 9.17) is 5.26 Å². The largest absolute Gasteiger partial charge is 0.389 e. The van der Waals surface area contributed by atoms with Crippen LogP contribution < -0.4 is 5.32 Å². The summed E-state index contributed by atoms with van der Waals surface area (Å²) in [7, 11) is 0. The zero-order valence-corrected chi connectivity index (χ0v) is 10.5. The number of nitrogens with zero attached hydrogens (tertiary/aromatic N) is 1. The molecule has 100 valence electrons. The number of halogens is 3. The highest BCUT2D eigenvalue weighted by Gasteiger charge is 2.25. The highest BCUT2D eigenvalue weighted by Crippen LogP contribution is 2.22. The molecule has 2 nitrogen and oxygen atoms in total. The molecule has 0 saturated heterocycles. The van der Waals surface area contributed by atoms with Crippen LogP contribution in [0.5, 0.6) is 0 Å². The van der Waals surface area contributed by atoms with Crippen LogP contribution >= 0.6 is 0 Å². The summed E-state index contributed by atoms with van der Waals surface area (Å²) in [5.41, 5.74) is 0.0275. The summed E-state index contributed by atoms with van der Waals surface area (Å²) in [6, 6.07) is 2.10. The molecule has 0 heterocycles. The third-order valence-corrected chi connectivity index (χ3v) is 2.58. The molecular weight excluding hydrogens is 229 g/mol. The molecule has 0 spiro atoms. The minimum Gasteiger partial charge on any atom is -0.316 e. The van der Waals surface area contributed by atoms with Gasteiger partial charge < -0.3 is 5.32 Å². The number of hydrogen-bond acceptors (Lipinski definition) is 2. The van der Waals surface area contributed by atoms with Crippen LogP contribution in [0.15, 0.2) is 0 Å². The highest BCUT2D eigenvalue weighted by atomic mass is 19.4. The van der Waals surface area contributed by atoms with E-state index in [1.807, 2.05) is 13.8 Å². The summed E-state index contributed by atoms with van der Waals surface area (Å²) < 4.78 is 35.5. The van der Waals surface area contributed by atoms with E-state index in [2.05, 4.69) is 11.4 Å². The van der Waals surface area contributed by atoms with Crippen LogP contribution in [0, 0.1) is 16.7 Å². The molecule has 0 rings (SSSR count). The van der Waals surface area contributed by atoms with Crippen LogP contribution in [0.25, 0.3) is 0 Å². The fraction of sp³-hybridized carbons (Fsp3) is 0.917. The highest BCUT2D eigenvalue weighted by molar-refractivity contribution is 4.78. The van der Waals surface area contributed by atoms with E-state index < -0.39 is 12.6 Å². The zero-order valence-electron chi connectivity index (χ0n) is 10.5. The lowest BCUT2D eigenvalue weighted by molar-refractivity contribution is -0.135. The van der Waals surface area contributed by atoms with Gasteiger partial charge in [-0.3, -0.25) is 0 Å². The number of alkyl halides is 3. The molecule has 0 atom stereocenters. The number of hydrogen-bond donors (Lipinski definition) is 1. The van der Waals surface area contributed by atoms with Gasteiger partial charge in [-0.05, 0) is 31.2 Å². The second-order valence-corrected chi connectivity index (χ2v) is 5.07. The Morgan fingerprint density at radius 2 is 1.76 bits per heavy atom. The molecule has 0 aliphatic carbocycles. The molecule has 0 aliphatic heterocycles. The first-order chi connectivity index (χ1) is 7.77. The van der Waals surface area contributed by atoms with Crippen molar-refractivity contribution in [3.8, 4) is 6.07 Å². The van der Waals surface area contributed by atoms with Gasteiger partial charge in [0.15, 0.2) is 0 Å². The monoisotopic (exact) mass is 250 g/mol. The lowest BCUT2D eigenvalue weighted by Crippen LogP contribution is -2.30. The fourth-order valence-corrected chi connectivity index (χ4v) is 1.48. The standard InChI is InChI=1S/C12H21F3N2/c1-11(2,6-5-8-16)10-17-9-4-3-7-12(13,14)15/h17H,3-7,9-10H2,1-2H3. The van der Waals surface area contributed by atoms with Crippen LogP contribution in [0.2, 0.25) is 0 Å². The molecule has 1 N–H and O–H groups in total. The number of unbranched alkanes of at least 4 members (excludes halogenated alkanes) is 1. The van der Waals surface area contributed by atoms with E-state index in [1.165, 1.54) is 0 Å². The van der Waals surface area contributed by atoms with Crippen LogP contribution in [-0.4, -0.2) is 19.3 Å². The van der Waals surface area contributed by atoms with Crippen LogP contribution in [0.4, 0.5) is 13.2 Å². The second kappa shape index (κ2) is 7.54. The van der Waals surface area contributed by atoms with Gasteiger partial charge in [-0.15, -0.1) is 0 Å². The Labute approximate surface area is 101 Å². The van der Waals surface area contributed by atoms with E-state index in [-0.39, 0.29) is 11.8 Å². The predicted octanol–water partition coefficient (Wildman–Crippen LogP) is 3.64. The lowest BCUT2D eigenvalue weighted by Gasteiger charge is -2.23. The Morgan fingerprint density at radius 3 is 2.29 bits per heavy atom. The Balaban J connectivity index is 3.48. The summed E-state index contributed by atoms with van der Waals surface area (Å²) in [5, 5.41) is 11.6. The van der Waals surface area contributed by atoms with Crippen molar-refractivity contribution in [2.24, 2.45) is 5.41 Å². The molecule has 0 fully saturated rings. The van der Waals surface area contributed by atoms with Gasteiger partial charge in [0, 0.05) is 19.4 Å². The third kappa shape index (κ3) is 11.5. The molecular formula is C12H21F3N2. The Hall–Kier alpha value is -0.760. The molecule has 0 saturated carbocycles. The maximum absolute atomic E-state index is 11.8. The van der Waals surface area contributed by atoms with Crippen molar-refractivity contribution in [3.63, 3.8) is 0 Å². The molecule has 0 aromatic carbocycles. The SMILES string of the molecule is CC(C)(CCC#N)CNCCCCC(F)(F)F. The van der Waals surface area contributed by atoms with Gasteiger partial charge in [-0.1, -0.05) is 13.8 Å². The van der Waals surface area contributed by atoms with Gasteiger partial charge in [0.2, 0.25) is 0 Å². The number of rotatable bonds is 8. The molecule has 0 amide bonds. The van der Waals surface area contributed by atoms with Crippen molar-refractivity contribution in [2.75, 3.05) is 13.1 Å². The number of nitriles is 1. The average molecular weight is 250 g/mol. The molecule has 0 radical (unpaired) electrons. The van der Waals surface area contributed by atoms with E-state index in [1.54, 1.807) is 0 Å². The lowest BCUT2D eigenvalue weighted by atomic mass is 9.88. The molecule has 0 bridgehead atoms. The summed E-state index contributed by atoms with van der Waals surface area (Å²) in [6.45, 7) is 5.44. The Kier molecular flexibility index (Phi) is 7.21. The van der Waals surface area contributed by atoms with Gasteiger partial charge in [-0.2, -0.15) is 18.4 Å². The first kappa shape index (κ1) is 16.2. The molecule has 0 aromatic heterocycles. The maximum atomic E-state index is 11.8. The normalized spacial score (nSPS) is 12.5. The van der Waals surface area contributed by atoms with Crippen LogP contribution in [0.1, 0.15) is 46.0 Å². The quantitative estimate of drug-likeness (QED) is 0.668. The molecule has 0 aliphatic rings. The average Bonchev–Trinajstić information content (AvgIpc) is 2.19. The summed E-state index contributed by atoms with van der Waals surface area (Å²) in [6.07, 6.45) is -2.71. The van der Waals surface area contributed by atoms with Crippen LogP contribution in [-0.2, 0) is 0 Å². The molecule has 0 aromatic rings. The summed E-state index contributed by atoms with van der Waals surface area (Å²) in [5.74, 6) is 0. The minimum absolute atomic E-state index is 0.0275. The first-order valence-electron chi connectivity index (χ1n) is 5.91. The fourth-order valence-electron chi connectivity index (χ4n) is 1.48. The maximum Gasteiger partial charge on any atom is 0.389 e. The van der Waals surface area contributed by atoms with Crippen molar-refractivity contribution < 1.29 is 13.2 Å². The van der Waals surface area contributed by atoms with Crippen molar-refractivity contribution in [3.05, 3.63) is 0 Å². The van der Waals surface area contributed by atoms with Gasteiger partial charge in [0.1, 0.15) is 0 Å². The van der Waals surface area contributed by atoms with Crippen molar-refractivity contribution in [2.45, 2.75) is 52.1 Å². The van der Waals surface area contributed by atoms with E-state index >= 15 is 0 Å². The molecule has 0 unspecified atom stereocenters. The second-order valence-electron chi connectivity index (χ2n) is 5.07. The predicted molar refractivity (Wildman–Crippen MR) is 61.4 cm³/mol. The van der Waals surface area contributed by atoms with E-state index in [9.17, 15) is 13.2 Å². The minimum atomic E-state index is -4.04. The molecule has 5 heteroatoms. The van der Waals surface area contributed by atoms with Gasteiger partial charge in [-0.25, -0.2) is 0 Å². The Bertz CT molecular complexity index is 241. The topological polar surface area (TPSA) is 35.8 Å². The van der Waals surface area contributed by atoms with Gasteiger partial charge >= 0.3 is 6.18 Å². The van der Waals surface area contributed by atoms with Crippen molar-refractivity contribution in [1.82, 2.24) is 5.32 Å². The van der Waals surface area contributed by atoms with Crippen molar-refractivity contribution in [1.29, 1.82) is 5.26 Å². The van der Waals surface area contributed by atoms with E-state index in [0.29, 0.717) is 19.4 Å². The zero-order chi connectivity index (χ0) is 13.4. The molecule has 17 heavy (non-hydrogen) atoms. The van der Waals surface area contributed by atoms with E-state index in [0.717, 1.165) is 13.0 Å². The Morgan fingerprint density at radius 1 is 1.12 bits per heavy atom. The summed E-state index contributed by atoms with van der Waals surface area (Å²) >= 11 is 0. The van der Waals surface area contributed by atoms with Gasteiger partial charge in [0.05, 0.1) is 6.07 Å². The van der Waals surface area contributed by atoms with Crippen molar-refractivity contribution >= 4 is 0 Å². The number of nitrogens with one attached hydrogen (secondary N) is 1.